The summed E-state index contributed by atoms with van der Waals surface area (Å²) in [6.45, 7) is 1.75. The fraction of sp³-hybridized carbons (Fsp3) is 0.500. The Hall–Kier alpha value is -1.84. The number of nitrogens with one attached hydrogen (secondary N) is 1. The van der Waals surface area contributed by atoms with Crippen LogP contribution in [0.4, 0.5) is 0 Å². The van der Waals surface area contributed by atoms with Crippen LogP contribution in [0, 0.1) is 5.92 Å². The molecule has 1 aliphatic rings. The monoisotopic (exact) mass is 274 g/mol. The first-order valence-corrected chi connectivity index (χ1v) is 7.13. The molecule has 0 radical (unpaired) electrons. The van der Waals surface area contributed by atoms with E-state index in [0.29, 0.717) is 0 Å². The van der Waals surface area contributed by atoms with E-state index in [9.17, 15) is 14.7 Å². The van der Waals surface area contributed by atoms with Gasteiger partial charge in [-0.25, -0.2) is 0 Å². The van der Waals surface area contributed by atoms with Crippen LogP contribution in [0.1, 0.15) is 49.8 Å². The highest BCUT2D eigenvalue weighted by atomic mass is 16.4. The van der Waals surface area contributed by atoms with Gasteiger partial charge in [-0.05, 0) is 42.7 Å². The predicted molar refractivity (Wildman–Crippen MR) is 73.7 cm³/mol. The first-order valence-electron chi connectivity index (χ1n) is 7.13. The highest BCUT2D eigenvalue weighted by Crippen LogP contribution is 2.29. The largest absolute Gasteiger partial charge is 0.550 e. The molecule has 0 aromatic heterocycles. The molecular weight excluding hydrogens is 254 g/mol. The van der Waals surface area contributed by atoms with Gasteiger partial charge in [0.2, 0.25) is 5.91 Å². The maximum atomic E-state index is 12.0. The number of fused-ring (bicyclic) bond motifs is 1. The van der Waals surface area contributed by atoms with E-state index < -0.39 is 5.97 Å². The van der Waals surface area contributed by atoms with Gasteiger partial charge in [0.25, 0.3) is 0 Å². The van der Waals surface area contributed by atoms with Gasteiger partial charge in [-0.3, -0.25) is 4.79 Å². The van der Waals surface area contributed by atoms with Crippen molar-refractivity contribution in [2.45, 2.75) is 45.1 Å². The normalized spacial score (nSPS) is 18.9. The third-order valence-corrected chi connectivity index (χ3v) is 3.75. The molecule has 0 spiro atoms. The maximum absolute atomic E-state index is 12.0. The lowest BCUT2D eigenvalue weighted by Crippen LogP contribution is -2.33. The standard InChI is InChI=1S/C16H21NO3/c1-11(10-16(19)20)9-15(18)17-14-8-4-6-12-5-2-3-7-13(12)14/h2-3,5,7,11,14H,4,6,8-10H2,1H3,(H,17,18)(H,19,20)/p-1/t11-,14+/m0/s1. The second-order valence-corrected chi connectivity index (χ2v) is 5.60. The Morgan fingerprint density at radius 3 is 2.85 bits per heavy atom. The van der Waals surface area contributed by atoms with Crippen molar-refractivity contribution in [1.82, 2.24) is 5.32 Å². The zero-order chi connectivity index (χ0) is 14.5. The number of hydrogen-bond donors (Lipinski definition) is 1. The minimum atomic E-state index is -1.10. The summed E-state index contributed by atoms with van der Waals surface area (Å²) in [6.07, 6.45) is 3.22. The number of carbonyl (C=O) groups excluding carboxylic acids is 2. The number of hydrogen-bond acceptors (Lipinski definition) is 3. The quantitative estimate of drug-likeness (QED) is 0.881. The zero-order valence-corrected chi connectivity index (χ0v) is 11.7. The Kier molecular flexibility index (Phi) is 4.77. The Labute approximate surface area is 119 Å². The first kappa shape index (κ1) is 14.6. The Bertz CT molecular complexity index is 498. The Morgan fingerprint density at radius 2 is 2.10 bits per heavy atom. The molecule has 108 valence electrons. The average Bonchev–Trinajstić information content (AvgIpc) is 2.38. The number of amides is 1. The third kappa shape index (κ3) is 3.83. The minimum absolute atomic E-state index is 0.0580. The Balaban J connectivity index is 1.94. The van der Waals surface area contributed by atoms with E-state index >= 15 is 0 Å². The lowest BCUT2D eigenvalue weighted by Gasteiger charge is -2.26. The number of carboxylic acids is 1. The number of carbonyl (C=O) groups is 2. The van der Waals surface area contributed by atoms with E-state index in [0.717, 1.165) is 19.3 Å². The summed E-state index contributed by atoms with van der Waals surface area (Å²) in [4.78, 5) is 22.5. The van der Waals surface area contributed by atoms with Crippen molar-refractivity contribution in [3.05, 3.63) is 35.4 Å². The van der Waals surface area contributed by atoms with Crippen LogP contribution in [-0.4, -0.2) is 11.9 Å². The fourth-order valence-electron chi connectivity index (χ4n) is 2.83. The van der Waals surface area contributed by atoms with Gasteiger partial charge in [0.05, 0.1) is 6.04 Å². The SMILES string of the molecule is C[C@H](CC(=O)[O-])CC(=O)N[C@@H]1CCCc2ccccc21. The predicted octanol–water partition coefficient (Wildman–Crippen LogP) is 1.35. The molecule has 1 amide bonds. The summed E-state index contributed by atoms with van der Waals surface area (Å²) in [5.41, 5.74) is 2.49. The fourth-order valence-corrected chi connectivity index (χ4v) is 2.83. The van der Waals surface area contributed by atoms with E-state index in [1.54, 1.807) is 6.92 Å². The van der Waals surface area contributed by atoms with E-state index in [1.165, 1.54) is 11.1 Å². The highest BCUT2D eigenvalue weighted by Gasteiger charge is 2.21. The van der Waals surface area contributed by atoms with Gasteiger partial charge in [-0.1, -0.05) is 31.2 Å². The van der Waals surface area contributed by atoms with Gasteiger partial charge in [0.15, 0.2) is 0 Å². The number of carboxylic acid groups (broad SMARTS) is 1. The van der Waals surface area contributed by atoms with Crippen molar-refractivity contribution < 1.29 is 14.7 Å². The van der Waals surface area contributed by atoms with Crippen molar-refractivity contribution in [3.63, 3.8) is 0 Å². The Morgan fingerprint density at radius 1 is 1.35 bits per heavy atom. The molecule has 1 N–H and O–H groups in total. The number of benzene rings is 1. The summed E-state index contributed by atoms with van der Waals surface area (Å²) in [6, 6.07) is 8.23. The van der Waals surface area contributed by atoms with Crippen LogP contribution in [0.25, 0.3) is 0 Å². The van der Waals surface area contributed by atoms with Crippen LogP contribution in [0.2, 0.25) is 0 Å². The smallest absolute Gasteiger partial charge is 0.220 e. The lowest BCUT2D eigenvalue weighted by molar-refractivity contribution is -0.306. The summed E-state index contributed by atoms with van der Waals surface area (Å²) in [7, 11) is 0. The van der Waals surface area contributed by atoms with Crippen molar-refractivity contribution >= 4 is 11.9 Å². The van der Waals surface area contributed by atoms with E-state index in [1.807, 2.05) is 12.1 Å². The van der Waals surface area contributed by atoms with Gasteiger partial charge in [-0.15, -0.1) is 0 Å². The van der Waals surface area contributed by atoms with E-state index in [2.05, 4.69) is 17.4 Å². The van der Waals surface area contributed by atoms with Crippen molar-refractivity contribution in [2.24, 2.45) is 5.92 Å². The lowest BCUT2D eigenvalue weighted by atomic mass is 9.87. The molecule has 1 aromatic carbocycles. The number of aliphatic carboxylic acids is 1. The molecule has 0 saturated carbocycles. The third-order valence-electron chi connectivity index (χ3n) is 3.75. The van der Waals surface area contributed by atoms with Gasteiger partial charge < -0.3 is 15.2 Å². The molecule has 1 aromatic rings. The van der Waals surface area contributed by atoms with Crippen LogP contribution < -0.4 is 10.4 Å². The van der Waals surface area contributed by atoms with Gasteiger partial charge in [0, 0.05) is 12.4 Å². The molecule has 0 saturated heterocycles. The van der Waals surface area contributed by atoms with Crippen molar-refractivity contribution in [3.8, 4) is 0 Å². The minimum Gasteiger partial charge on any atom is -0.550 e. The molecule has 2 rings (SSSR count). The molecule has 4 nitrogen and oxygen atoms in total. The van der Waals surface area contributed by atoms with Crippen LogP contribution in [0.5, 0.6) is 0 Å². The number of rotatable bonds is 5. The molecule has 0 aliphatic heterocycles. The molecule has 0 fully saturated rings. The van der Waals surface area contributed by atoms with Crippen LogP contribution >= 0.6 is 0 Å². The highest BCUT2D eigenvalue weighted by molar-refractivity contribution is 5.77. The van der Waals surface area contributed by atoms with Crippen LogP contribution in [-0.2, 0) is 16.0 Å². The van der Waals surface area contributed by atoms with E-state index in [-0.39, 0.29) is 30.7 Å². The second kappa shape index (κ2) is 6.55. The summed E-state index contributed by atoms with van der Waals surface area (Å²) >= 11 is 0. The molecular formula is C16H20NO3-. The van der Waals surface area contributed by atoms with Crippen LogP contribution in [0.3, 0.4) is 0 Å². The van der Waals surface area contributed by atoms with Gasteiger partial charge >= 0.3 is 0 Å². The maximum Gasteiger partial charge on any atom is 0.220 e. The summed E-state index contributed by atoms with van der Waals surface area (Å²) in [5.74, 6) is -1.38. The molecule has 2 atom stereocenters. The molecule has 0 heterocycles. The molecule has 0 bridgehead atoms. The molecule has 4 heteroatoms. The molecule has 1 aliphatic carbocycles. The van der Waals surface area contributed by atoms with Crippen molar-refractivity contribution in [2.75, 3.05) is 0 Å². The topological polar surface area (TPSA) is 69.2 Å². The summed E-state index contributed by atoms with van der Waals surface area (Å²) in [5, 5.41) is 13.5. The van der Waals surface area contributed by atoms with Gasteiger partial charge in [-0.2, -0.15) is 0 Å². The second-order valence-electron chi connectivity index (χ2n) is 5.60. The first-order chi connectivity index (χ1) is 9.56. The molecule has 20 heavy (non-hydrogen) atoms. The van der Waals surface area contributed by atoms with E-state index in [4.69, 9.17) is 0 Å². The summed E-state index contributed by atoms with van der Waals surface area (Å²) < 4.78 is 0. The average molecular weight is 274 g/mol. The number of aryl methyl sites for hydroxylation is 1. The zero-order valence-electron chi connectivity index (χ0n) is 11.7. The van der Waals surface area contributed by atoms with Crippen molar-refractivity contribution in [1.29, 1.82) is 0 Å². The van der Waals surface area contributed by atoms with Crippen LogP contribution in [0.15, 0.2) is 24.3 Å². The molecule has 0 unspecified atom stereocenters. The van der Waals surface area contributed by atoms with Gasteiger partial charge in [0.1, 0.15) is 0 Å².